The van der Waals surface area contributed by atoms with Crippen molar-refractivity contribution in [3.05, 3.63) is 53.4 Å². The first-order valence-electron chi connectivity index (χ1n) is 6.15. The van der Waals surface area contributed by atoms with Gasteiger partial charge < -0.3 is 5.32 Å². The first-order chi connectivity index (χ1) is 9.15. The molecule has 0 bridgehead atoms. The van der Waals surface area contributed by atoms with Crippen molar-refractivity contribution in [2.24, 2.45) is 0 Å². The third kappa shape index (κ3) is 2.41. The summed E-state index contributed by atoms with van der Waals surface area (Å²) in [5.74, 6) is -0.617. The predicted octanol–water partition coefficient (Wildman–Crippen LogP) is 3.03. The highest BCUT2D eigenvalue weighted by Gasteiger charge is 2.42. The molecule has 19 heavy (non-hydrogen) atoms. The van der Waals surface area contributed by atoms with E-state index in [1.54, 1.807) is 12.3 Å². The Morgan fingerprint density at radius 3 is 2.63 bits per heavy atom. The summed E-state index contributed by atoms with van der Waals surface area (Å²) >= 11 is 0. The average molecular weight is 261 g/mol. The summed E-state index contributed by atoms with van der Waals surface area (Å²) in [7, 11) is 0. The number of halogens is 2. The Kier molecular flexibility index (Phi) is 2.89. The van der Waals surface area contributed by atoms with Crippen LogP contribution in [0.5, 0.6) is 0 Å². The van der Waals surface area contributed by atoms with Crippen molar-refractivity contribution in [3.8, 4) is 0 Å². The number of nitrogens with zero attached hydrogens (tertiary/aromatic N) is 2. The van der Waals surface area contributed by atoms with Gasteiger partial charge in [-0.25, -0.2) is 18.7 Å². The maximum atomic E-state index is 13.6. The van der Waals surface area contributed by atoms with Crippen LogP contribution in [0.4, 0.5) is 14.7 Å². The molecule has 1 saturated carbocycles. The number of hydrogen-bond acceptors (Lipinski definition) is 3. The van der Waals surface area contributed by atoms with Gasteiger partial charge in [-0.15, -0.1) is 0 Å². The number of benzene rings is 1. The molecule has 1 fully saturated rings. The quantitative estimate of drug-likeness (QED) is 0.922. The fourth-order valence-corrected chi connectivity index (χ4v) is 2.22. The van der Waals surface area contributed by atoms with E-state index in [0.717, 1.165) is 5.69 Å². The van der Waals surface area contributed by atoms with Crippen LogP contribution in [0.2, 0.25) is 0 Å². The molecule has 2 unspecified atom stereocenters. The normalized spacial score (nSPS) is 21.2. The standard InChI is InChI=1S/C14H13F2N3/c1-8-5-6-17-14(18-8)19-12-7-9(12)13-10(15)3-2-4-11(13)16/h2-6,9,12H,7H2,1H3,(H,17,18,19). The zero-order chi connectivity index (χ0) is 13.4. The van der Waals surface area contributed by atoms with E-state index in [4.69, 9.17) is 0 Å². The highest BCUT2D eigenvalue weighted by Crippen LogP contribution is 2.44. The van der Waals surface area contributed by atoms with E-state index in [2.05, 4.69) is 15.3 Å². The number of hydrogen-bond donors (Lipinski definition) is 1. The van der Waals surface area contributed by atoms with Crippen LogP contribution in [0.15, 0.2) is 30.5 Å². The lowest BCUT2D eigenvalue weighted by Gasteiger charge is -2.06. The number of anilines is 1. The molecule has 1 heterocycles. The lowest BCUT2D eigenvalue weighted by molar-refractivity contribution is 0.556. The van der Waals surface area contributed by atoms with Crippen molar-refractivity contribution >= 4 is 5.95 Å². The van der Waals surface area contributed by atoms with Crippen molar-refractivity contribution in [2.75, 3.05) is 5.32 Å². The Balaban J connectivity index is 1.75. The summed E-state index contributed by atoms with van der Waals surface area (Å²) in [5, 5.41) is 3.10. The second kappa shape index (κ2) is 4.57. The molecule has 1 aromatic carbocycles. The van der Waals surface area contributed by atoms with Gasteiger partial charge in [0.1, 0.15) is 11.6 Å². The third-order valence-corrected chi connectivity index (χ3v) is 3.27. The van der Waals surface area contributed by atoms with Gasteiger partial charge in [0.15, 0.2) is 0 Å². The van der Waals surface area contributed by atoms with Gasteiger partial charge in [-0.05, 0) is 31.5 Å². The molecule has 1 aliphatic carbocycles. The molecular formula is C14H13F2N3. The summed E-state index contributed by atoms with van der Waals surface area (Å²) in [6.07, 6.45) is 2.35. The second-order valence-corrected chi connectivity index (χ2v) is 4.75. The smallest absolute Gasteiger partial charge is 0.223 e. The minimum absolute atomic E-state index is 0.00630. The highest BCUT2D eigenvalue weighted by molar-refractivity contribution is 5.38. The molecule has 3 nitrogen and oxygen atoms in total. The SMILES string of the molecule is Cc1ccnc(NC2CC2c2c(F)cccc2F)n1. The van der Waals surface area contributed by atoms with E-state index in [-0.39, 0.29) is 17.5 Å². The molecule has 1 N–H and O–H groups in total. The summed E-state index contributed by atoms with van der Waals surface area (Å²) in [5.41, 5.74) is 1.01. The highest BCUT2D eigenvalue weighted by atomic mass is 19.1. The maximum absolute atomic E-state index is 13.6. The van der Waals surface area contributed by atoms with E-state index in [1.807, 2.05) is 6.92 Å². The lowest BCUT2D eigenvalue weighted by Crippen LogP contribution is -2.09. The molecule has 0 radical (unpaired) electrons. The summed E-state index contributed by atoms with van der Waals surface area (Å²) in [6, 6.07) is 5.75. The van der Waals surface area contributed by atoms with Gasteiger partial charge in [0.2, 0.25) is 5.95 Å². The van der Waals surface area contributed by atoms with Crippen LogP contribution >= 0.6 is 0 Å². The Morgan fingerprint density at radius 1 is 1.21 bits per heavy atom. The fourth-order valence-electron chi connectivity index (χ4n) is 2.22. The predicted molar refractivity (Wildman–Crippen MR) is 67.9 cm³/mol. The molecule has 3 rings (SSSR count). The molecular weight excluding hydrogens is 248 g/mol. The topological polar surface area (TPSA) is 37.8 Å². The van der Waals surface area contributed by atoms with E-state index in [9.17, 15) is 8.78 Å². The van der Waals surface area contributed by atoms with Crippen LogP contribution in [0, 0.1) is 18.6 Å². The van der Waals surface area contributed by atoms with Gasteiger partial charge in [0.25, 0.3) is 0 Å². The van der Waals surface area contributed by atoms with E-state index in [0.29, 0.717) is 12.4 Å². The number of nitrogens with one attached hydrogen (secondary N) is 1. The van der Waals surface area contributed by atoms with Crippen LogP contribution in [0.25, 0.3) is 0 Å². The Bertz CT molecular complexity index is 595. The lowest BCUT2D eigenvalue weighted by atomic mass is 10.1. The maximum Gasteiger partial charge on any atom is 0.223 e. The van der Waals surface area contributed by atoms with Crippen molar-refractivity contribution in [1.82, 2.24) is 9.97 Å². The van der Waals surface area contributed by atoms with E-state index in [1.165, 1.54) is 18.2 Å². The third-order valence-electron chi connectivity index (χ3n) is 3.27. The monoisotopic (exact) mass is 261 g/mol. The van der Waals surface area contributed by atoms with Gasteiger partial charge in [-0.1, -0.05) is 6.07 Å². The zero-order valence-electron chi connectivity index (χ0n) is 10.4. The number of rotatable bonds is 3. The molecule has 98 valence electrons. The van der Waals surface area contributed by atoms with Gasteiger partial charge >= 0.3 is 0 Å². The number of aromatic nitrogens is 2. The minimum Gasteiger partial charge on any atom is -0.351 e. The first-order valence-corrected chi connectivity index (χ1v) is 6.15. The Labute approximate surface area is 109 Å². The van der Waals surface area contributed by atoms with Gasteiger partial charge in [0.05, 0.1) is 0 Å². The molecule has 1 aliphatic rings. The van der Waals surface area contributed by atoms with Gasteiger partial charge in [-0.2, -0.15) is 0 Å². The van der Waals surface area contributed by atoms with Crippen molar-refractivity contribution in [1.29, 1.82) is 0 Å². The number of aryl methyl sites for hydroxylation is 1. The summed E-state index contributed by atoms with van der Waals surface area (Å²) in [6.45, 7) is 1.87. The van der Waals surface area contributed by atoms with E-state index < -0.39 is 11.6 Å². The molecule has 0 spiro atoms. The molecule has 0 saturated heterocycles. The molecule has 5 heteroatoms. The molecule has 1 aromatic heterocycles. The van der Waals surface area contributed by atoms with E-state index >= 15 is 0 Å². The minimum atomic E-state index is -0.487. The zero-order valence-corrected chi connectivity index (χ0v) is 10.4. The molecule has 0 amide bonds. The van der Waals surface area contributed by atoms with Crippen LogP contribution in [-0.4, -0.2) is 16.0 Å². The van der Waals surface area contributed by atoms with Gasteiger partial charge in [0, 0.05) is 29.4 Å². The van der Waals surface area contributed by atoms with Crippen molar-refractivity contribution < 1.29 is 8.78 Å². The van der Waals surface area contributed by atoms with Crippen LogP contribution in [0.3, 0.4) is 0 Å². The van der Waals surface area contributed by atoms with Crippen LogP contribution in [-0.2, 0) is 0 Å². The second-order valence-electron chi connectivity index (χ2n) is 4.75. The Hall–Kier alpha value is -2.04. The van der Waals surface area contributed by atoms with Crippen molar-refractivity contribution in [3.63, 3.8) is 0 Å². The molecule has 2 atom stereocenters. The van der Waals surface area contributed by atoms with Crippen LogP contribution < -0.4 is 5.32 Å². The van der Waals surface area contributed by atoms with Crippen LogP contribution in [0.1, 0.15) is 23.6 Å². The fraction of sp³-hybridized carbons (Fsp3) is 0.286. The molecule has 0 aliphatic heterocycles. The Morgan fingerprint density at radius 2 is 1.95 bits per heavy atom. The summed E-state index contributed by atoms with van der Waals surface area (Å²) < 4.78 is 27.2. The van der Waals surface area contributed by atoms with Gasteiger partial charge in [-0.3, -0.25) is 0 Å². The first kappa shape index (κ1) is 12.0. The average Bonchev–Trinajstić information content (AvgIpc) is 3.08. The largest absolute Gasteiger partial charge is 0.351 e. The molecule has 2 aromatic rings. The summed E-state index contributed by atoms with van der Waals surface area (Å²) in [4.78, 5) is 8.30. The van der Waals surface area contributed by atoms with Crippen molar-refractivity contribution in [2.45, 2.75) is 25.3 Å².